The van der Waals surface area contributed by atoms with Gasteiger partial charge in [-0.1, -0.05) is 15.9 Å². The largest absolute Gasteiger partial charge is 0.324 e. The van der Waals surface area contributed by atoms with E-state index in [1.54, 1.807) is 0 Å². The maximum absolute atomic E-state index is 12.2. The van der Waals surface area contributed by atoms with Crippen molar-refractivity contribution in [2.75, 3.05) is 11.9 Å². The zero-order chi connectivity index (χ0) is 12.5. The van der Waals surface area contributed by atoms with Gasteiger partial charge in [-0.15, -0.1) is 0 Å². The molecule has 0 spiro atoms. The number of benzene rings is 1. The van der Waals surface area contributed by atoms with E-state index in [2.05, 4.69) is 26.6 Å². The van der Waals surface area contributed by atoms with Crippen molar-refractivity contribution in [3.63, 3.8) is 0 Å². The number of hydrogen-bond donors (Lipinski definition) is 2. The Kier molecular flexibility index (Phi) is 3.54. The second-order valence-electron chi connectivity index (χ2n) is 4.83. The molecular weight excluding hydrogens is 280 g/mol. The molecule has 1 fully saturated rings. The number of halogens is 1. The summed E-state index contributed by atoms with van der Waals surface area (Å²) < 4.78 is 0.984. The molecule has 1 aliphatic heterocycles. The van der Waals surface area contributed by atoms with Crippen LogP contribution in [0.15, 0.2) is 22.7 Å². The molecule has 0 bridgehead atoms. The van der Waals surface area contributed by atoms with Crippen molar-refractivity contribution in [3.8, 4) is 0 Å². The summed E-state index contributed by atoms with van der Waals surface area (Å²) in [4.78, 5) is 12.2. The molecule has 1 unspecified atom stereocenters. The van der Waals surface area contributed by atoms with Crippen molar-refractivity contribution >= 4 is 27.5 Å². The van der Waals surface area contributed by atoms with Crippen molar-refractivity contribution in [1.82, 2.24) is 5.32 Å². The van der Waals surface area contributed by atoms with Crippen LogP contribution >= 0.6 is 15.9 Å². The van der Waals surface area contributed by atoms with Crippen LogP contribution in [0, 0.1) is 6.92 Å². The molecule has 1 aromatic carbocycles. The van der Waals surface area contributed by atoms with E-state index < -0.39 is 5.54 Å². The molecular formula is C13H17BrN2O. The summed E-state index contributed by atoms with van der Waals surface area (Å²) in [6, 6.07) is 5.91. The minimum Gasteiger partial charge on any atom is -0.324 e. The Labute approximate surface area is 110 Å². The summed E-state index contributed by atoms with van der Waals surface area (Å²) in [7, 11) is 0. The third-order valence-corrected chi connectivity index (χ3v) is 3.63. The van der Waals surface area contributed by atoms with Gasteiger partial charge in [-0.2, -0.15) is 0 Å². The van der Waals surface area contributed by atoms with Gasteiger partial charge in [-0.25, -0.2) is 0 Å². The fourth-order valence-corrected chi connectivity index (χ4v) is 2.77. The van der Waals surface area contributed by atoms with Crippen LogP contribution in [-0.2, 0) is 4.79 Å². The van der Waals surface area contributed by atoms with Crippen LogP contribution < -0.4 is 10.6 Å². The quantitative estimate of drug-likeness (QED) is 0.881. The molecule has 1 aromatic rings. The van der Waals surface area contributed by atoms with Crippen LogP contribution in [0.4, 0.5) is 5.69 Å². The fraction of sp³-hybridized carbons (Fsp3) is 0.462. The predicted octanol–water partition coefficient (Wildman–Crippen LogP) is 2.84. The zero-order valence-corrected chi connectivity index (χ0v) is 11.7. The highest BCUT2D eigenvalue weighted by molar-refractivity contribution is 9.10. The third-order valence-electron chi connectivity index (χ3n) is 3.17. The zero-order valence-electron chi connectivity index (χ0n) is 10.1. The highest BCUT2D eigenvalue weighted by Gasteiger charge is 2.35. The number of nitrogens with one attached hydrogen (secondary N) is 2. The smallest absolute Gasteiger partial charge is 0.244 e. The number of rotatable bonds is 2. The number of amides is 1. The van der Waals surface area contributed by atoms with E-state index in [1.165, 1.54) is 0 Å². The normalized spacial score (nSPS) is 23.7. The first-order chi connectivity index (χ1) is 7.99. The number of carbonyl (C=O) groups excluding carboxylic acids is 1. The number of anilines is 1. The van der Waals surface area contributed by atoms with E-state index >= 15 is 0 Å². The second-order valence-corrected chi connectivity index (χ2v) is 5.75. The number of carbonyl (C=O) groups is 1. The molecule has 1 amide bonds. The maximum atomic E-state index is 12.2. The Morgan fingerprint density at radius 1 is 1.47 bits per heavy atom. The van der Waals surface area contributed by atoms with E-state index in [9.17, 15) is 4.79 Å². The Morgan fingerprint density at radius 3 is 2.82 bits per heavy atom. The van der Waals surface area contributed by atoms with E-state index in [1.807, 2.05) is 32.0 Å². The minimum absolute atomic E-state index is 0.0486. The van der Waals surface area contributed by atoms with Crippen LogP contribution in [-0.4, -0.2) is 18.0 Å². The SMILES string of the molecule is Cc1cc(Br)cc(NC(=O)C2(C)CCCN2)c1. The van der Waals surface area contributed by atoms with Crippen molar-refractivity contribution in [2.45, 2.75) is 32.2 Å². The van der Waals surface area contributed by atoms with Crippen LogP contribution in [0.5, 0.6) is 0 Å². The molecule has 1 aliphatic rings. The van der Waals surface area contributed by atoms with E-state index in [-0.39, 0.29) is 5.91 Å². The summed E-state index contributed by atoms with van der Waals surface area (Å²) in [5, 5.41) is 6.23. The minimum atomic E-state index is -0.420. The lowest BCUT2D eigenvalue weighted by Crippen LogP contribution is -2.47. The van der Waals surface area contributed by atoms with Gasteiger partial charge in [-0.05, 0) is 57.0 Å². The lowest BCUT2D eigenvalue weighted by Gasteiger charge is -2.23. The fourth-order valence-electron chi connectivity index (χ4n) is 2.17. The molecule has 3 nitrogen and oxygen atoms in total. The van der Waals surface area contributed by atoms with Crippen LogP contribution in [0.1, 0.15) is 25.3 Å². The first-order valence-electron chi connectivity index (χ1n) is 5.83. The summed E-state index contributed by atoms with van der Waals surface area (Å²) in [6.07, 6.45) is 1.95. The van der Waals surface area contributed by atoms with Crippen molar-refractivity contribution in [1.29, 1.82) is 0 Å². The lowest BCUT2D eigenvalue weighted by molar-refractivity contribution is -0.121. The van der Waals surface area contributed by atoms with Gasteiger partial charge in [0.2, 0.25) is 5.91 Å². The van der Waals surface area contributed by atoms with Gasteiger partial charge >= 0.3 is 0 Å². The van der Waals surface area contributed by atoms with Gasteiger partial charge in [-0.3, -0.25) is 4.79 Å². The molecule has 17 heavy (non-hydrogen) atoms. The average Bonchev–Trinajstić information content (AvgIpc) is 2.64. The van der Waals surface area contributed by atoms with Crippen molar-refractivity contribution in [3.05, 3.63) is 28.2 Å². The van der Waals surface area contributed by atoms with Crippen molar-refractivity contribution in [2.24, 2.45) is 0 Å². The van der Waals surface area contributed by atoms with Gasteiger partial charge in [0.05, 0.1) is 5.54 Å². The molecule has 0 saturated carbocycles. The summed E-state index contributed by atoms with van der Waals surface area (Å²) >= 11 is 3.43. The molecule has 2 N–H and O–H groups in total. The van der Waals surface area contributed by atoms with Crippen LogP contribution in [0.25, 0.3) is 0 Å². The predicted molar refractivity (Wildman–Crippen MR) is 73.2 cm³/mol. The molecule has 0 aromatic heterocycles. The number of hydrogen-bond acceptors (Lipinski definition) is 2. The van der Waals surface area contributed by atoms with E-state index in [0.717, 1.165) is 35.1 Å². The van der Waals surface area contributed by atoms with Gasteiger partial charge in [0.15, 0.2) is 0 Å². The van der Waals surface area contributed by atoms with Gasteiger partial charge < -0.3 is 10.6 Å². The van der Waals surface area contributed by atoms with Crippen molar-refractivity contribution < 1.29 is 4.79 Å². The van der Waals surface area contributed by atoms with Gasteiger partial charge in [0.25, 0.3) is 0 Å². The Morgan fingerprint density at radius 2 is 2.24 bits per heavy atom. The molecule has 1 saturated heterocycles. The summed E-state index contributed by atoms with van der Waals surface area (Å²) in [6.45, 7) is 4.89. The molecule has 1 atom stereocenters. The summed E-state index contributed by atoms with van der Waals surface area (Å²) in [5.74, 6) is 0.0486. The first kappa shape index (κ1) is 12.6. The lowest BCUT2D eigenvalue weighted by atomic mass is 9.99. The summed E-state index contributed by atoms with van der Waals surface area (Å²) in [5.41, 5.74) is 1.55. The van der Waals surface area contributed by atoms with Gasteiger partial charge in [0.1, 0.15) is 0 Å². The Bertz CT molecular complexity index is 419. The van der Waals surface area contributed by atoms with E-state index in [0.29, 0.717) is 0 Å². The standard InChI is InChI=1S/C13H17BrN2O/c1-9-6-10(14)8-11(7-9)16-12(17)13(2)4-3-5-15-13/h6-8,15H,3-5H2,1-2H3,(H,16,17). The Balaban J connectivity index is 2.12. The molecule has 1 heterocycles. The molecule has 4 heteroatoms. The highest BCUT2D eigenvalue weighted by Crippen LogP contribution is 2.23. The number of aryl methyl sites for hydroxylation is 1. The molecule has 92 valence electrons. The second kappa shape index (κ2) is 4.78. The molecule has 0 radical (unpaired) electrons. The molecule has 0 aliphatic carbocycles. The Hall–Kier alpha value is -0.870. The first-order valence-corrected chi connectivity index (χ1v) is 6.63. The maximum Gasteiger partial charge on any atom is 0.244 e. The molecule has 2 rings (SSSR count). The van der Waals surface area contributed by atoms with Crippen LogP contribution in [0.3, 0.4) is 0 Å². The van der Waals surface area contributed by atoms with Crippen LogP contribution in [0.2, 0.25) is 0 Å². The average molecular weight is 297 g/mol. The topological polar surface area (TPSA) is 41.1 Å². The highest BCUT2D eigenvalue weighted by atomic mass is 79.9. The monoisotopic (exact) mass is 296 g/mol. The van der Waals surface area contributed by atoms with E-state index in [4.69, 9.17) is 0 Å². The van der Waals surface area contributed by atoms with Gasteiger partial charge in [0, 0.05) is 10.2 Å². The third kappa shape index (κ3) is 2.87.